The predicted octanol–water partition coefficient (Wildman–Crippen LogP) is 1.29. The molecular weight excluding hydrogens is 296 g/mol. The van der Waals surface area contributed by atoms with E-state index in [9.17, 15) is 9.59 Å². The Morgan fingerprint density at radius 1 is 1.24 bits per heavy atom. The number of halogens is 1. The van der Waals surface area contributed by atoms with E-state index in [2.05, 4.69) is 15.1 Å². The van der Waals surface area contributed by atoms with Crippen molar-refractivity contribution in [2.75, 3.05) is 0 Å². The smallest absolute Gasteiger partial charge is 0.328 e. The van der Waals surface area contributed by atoms with Gasteiger partial charge in [0.1, 0.15) is 5.02 Å². The summed E-state index contributed by atoms with van der Waals surface area (Å²) in [6.07, 6.45) is 1.24. The molecule has 0 bridgehead atoms. The van der Waals surface area contributed by atoms with E-state index >= 15 is 0 Å². The molecule has 1 N–H and O–H groups in total. The Bertz CT molecular complexity index is 882. The maximum absolute atomic E-state index is 11.6. The fourth-order valence-electron chi connectivity index (χ4n) is 1.77. The van der Waals surface area contributed by atoms with E-state index in [1.54, 1.807) is 0 Å². The van der Waals surface area contributed by atoms with Crippen molar-refractivity contribution in [3.05, 3.63) is 68.2 Å². The topological polar surface area (TPSA) is 93.8 Å². The van der Waals surface area contributed by atoms with Gasteiger partial charge in [-0.2, -0.15) is 4.98 Å². The second kappa shape index (κ2) is 5.37. The molecule has 7 nitrogen and oxygen atoms in total. The average Bonchev–Trinajstić information content (AvgIpc) is 2.94. The van der Waals surface area contributed by atoms with Gasteiger partial charge in [0.15, 0.2) is 5.82 Å². The van der Waals surface area contributed by atoms with Gasteiger partial charge < -0.3 is 4.52 Å². The van der Waals surface area contributed by atoms with E-state index in [0.717, 1.165) is 5.56 Å². The van der Waals surface area contributed by atoms with Crippen molar-refractivity contribution < 1.29 is 4.52 Å². The van der Waals surface area contributed by atoms with E-state index in [0.29, 0.717) is 11.7 Å². The molecular formula is C13H9ClN4O3. The summed E-state index contributed by atoms with van der Waals surface area (Å²) in [4.78, 5) is 29.1. The summed E-state index contributed by atoms with van der Waals surface area (Å²) in [6, 6.07) is 9.25. The first-order valence-corrected chi connectivity index (χ1v) is 6.38. The number of rotatable bonds is 3. The van der Waals surface area contributed by atoms with E-state index in [1.807, 2.05) is 30.3 Å². The Balaban J connectivity index is 1.90. The highest BCUT2D eigenvalue weighted by molar-refractivity contribution is 6.30. The van der Waals surface area contributed by atoms with Gasteiger partial charge in [0, 0.05) is 11.8 Å². The maximum Gasteiger partial charge on any atom is 0.328 e. The van der Waals surface area contributed by atoms with Crippen molar-refractivity contribution in [1.82, 2.24) is 19.7 Å². The molecule has 0 amide bonds. The minimum Gasteiger partial charge on any atom is -0.334 e. The third-order valence-corrected chi connectivity index (χ3v) is 3.04. The third-order valence-electron chi connectivity index (χ3n) is 2.77. The summed E-state index contributed by atoms with van der Waals surface area (Å²) >= 11 is 5.69. The van der Waals surface area contributed by atoms with Crippen LogP contribution in [0.2, 0.25) is 5.02 Å². The summed E-state index contributed by atoms with van der Waals surface area (Å²) in [5.41, 5.74) is -0.436. The molecule has 106 valence electrons. The van der Waals surface area contributed by atoms with Gasteiger partial charge in [0.05, 0.1) is 6.54 Å². The van der Waals surface area contributed by atoms with Crippen LogP contribution in [0.15, 0.2) is 50.6 Å². The lowest BCUT2D eigenvalue weighted by Crippen LogP contribution is -2.30. The Morgan fingerprint density at radius 3 is 2.76 bits per heavy atom. The van der Waals surface area contributed by atoms with Crippen molar-refractivity contribution >= 4 is 11.6 Å². The second-order valence-electron chi connectivity index (χ2n) is 4.25. The molecule has 21 heavy (non-hydrogen) atoms. The summed E-state index contributed by atoms with van der Waals surface area (Å²) < 4.78 is 6.33. The molecule has 0 radical (unpaired) electrons. The standard InChI is InChI=1S/C13H9ClN4O3/c14-9-6-18(13(20)16-11(9)19)7-10-15-12(21-17-10)8-4-2-1-3-5-8/h1-6H,7H2,(H,16,19,20). The van der Waals surface area contributed by atoms with Crippen molar-refractivity contribution in [3.8, 4) is 11.5 Å². The van der Waals surface area contributed by atoms with Crippen LogP contribution in [0.1, 0.15) is 5.82 Å². The predicted molar refractivity (Wildman–Crippen MR) is 75.2 cm³/mol. The number of H-pyrrole nitrogens is 1. The molecule has 0 aliphatic rings. The number of aromatic nitrogens is 4. The van der Waals surface area contributed by atoms with Gasteiger partial charge in [0.2, 0.25) is 0 Å². The molecule has 0 fully saturated rings. The normalized spacial score (nSPS) is 10.7. The highest BCUT2D eigenvalue weighted by atomic mass is 35.5. The van der Waals surface area contributed by atoms with Crippen LogP contribution >= 0.6 is 11.6 Å². The number of hydrogen-bond donors (Lipinski definition) is 1. The highest BCUT2D eigenvalue weighted by Crippen LogP contribution is 2.16. The van der Waals surface area contributed by atoms with Gasteiger partial charge in [-0.3, -0.25) is 14.3 Å². The van der Waals surface area contributed by atoms with Crippen LogP contribution in [-0.2, 0) is 6.54 Å². The number of benzene rings is 1. The van der Waals surface area contributed by atoms with Crippen LogP contribution < -0.4 is 11.2 Å². The molecule has 0 saturated carbocycles. The zero-order chi connectivity index (χ0) is 14.8. The van der Waals surface area contributed by atoms with E-state index in [1.165, 1.54) is 10.8 Å². The fourth-order valence-corrected chi connectivity index (χ4v) is 1.93. The molecule has 0 aliphatic heterocycles. The molecule has 0 saturated heterocycles. The molecule has 0 atom stereocenters. The molecule has 1 aromatic carbocycles. The Labute approximate surface area is 122 Å². The summed E-state index contributed by atoms with van der Waals surface area (Å²) in [5, 5.41) is 3.72. The molecule has 2 aromatic heterocycles. The van der Waals surface area contributed by atoms with Gasteiger partial charge in [-0.05, 0) is 12.1 Å². The van der Waals surface area contributed by atoms with Gasteiger partial charge in [-0.25, -0.2) is 4.79 Å². The van der Waals surface area contributed by atoms with Gasteiger partial charge in [-0.1, -0.05) is 35.0 Å². The van der Waals surface area contributed by atoms with Crippen molar-refractivity contribution in [2.24, 2.45) is 0 Å². The van der Waals surface area contributed by atoms with Crippen LogP contribution in [0.25, 0.3) is 11.5 Å². The van der Waals surface area contributed by atoms with Gasteiger partial charge >= 0.3 is 5.69 Å². The SMILES string of the molecule is O=c1[nH]c(=O)n(Cc2noc(-c3ccccc3)n2)cc1Cl. The fraction of sp³-hybridized carbons (Fsp3) is 0.0769. The number of nitrogens with one attached hydrogen (secondary N) is 1. The van der Waals surface area contributed by atoms with Crippen LogP contribution in [0.3, 0.4) is 0 Å². The molecule has 3 aromatic rings. The monoisotopic (exact) mass is 304 g/mol. The average molecular weight is 305 g/mol. The molecule has 8 heteroatoms. The lowest BCUT2D eigenvalue weighted by molar-refractivity contribution is 0.419. The second-order valence-corrected chi connectivity index (χ2v) is 4.65. The van der Waals surface area contributed by atoms with Crippen LogP contribution in [0.4, 0.5) is 0 Å². The largest absolute Gasteiger partial charge is 0.334 e. The van der Waals surface area contributed by atoms with Gasteiger partial charge in [-0.15, -0.1) is 0 Å². The van der Waals surface area contributed by atoms with Crippen molar-refractivity contribution in [2.45, 2.75) is 6.54 Å². The zero-order valence-electron chi connectivity index (χ0n) is 10.6. The quantitative estimate of drug-likeness (QED) is 0.787. The Kier molecular flexibility index (Phi) is 3.41. The van der Waals surface area contributed by atoms with Crippen molar-refractivity contribution in [1.29, 1.82) is 0 Å². The molecule has 3 rings (SSSR count). The summed E-state index contributed by atoms with van der Waals surface area (Å²) in [7, 11) is 0. The molecule has 2 heterocycles. The molecule has 0 spiro atoms. The minimum absolute atomic E-state index is 0.0473. The Hall–Kier alpha value is -2.67. The number of hydrogen-bond acceptors (Lipinski definition) is 5. The zero-order valence-corrected chi connectivity index (χ0v) is 11.4. The number of nitrogens with zero attached hydrogens (tertiary/aromatic N) is 3. The first-order valence-electron chi connectivity index (χ1n) is 6.01. The maximum atomic E-state index is 11.6. The van der Waals surface area contributed by atoms with E-state index < -0.39 is 11.2 Å². The summed E-state index contributed by atoms with van der Waals surface area (Å²) in [6.45, 7) is 0.0473. The Morgan fingerprint density at radius 2 is 2.00 bits per heavy atom. The first-order chi connectivity index (χ1) is 10.1. The lowest BCUT2D eigenvalue weighted by Gasteiger charge is -2.00. The first kappa shape index (κ1) is 13.3. The highest BCUT2D eigenvalue weighted by Gasteiger charge is 2.10. The number of aromatic amines is 1. The minimum atomic E-state index is -0.629. The molecule has 0 unspecified atom stereocenters. The van der Waals surface area contributed by atoms with Crippen LogP contribution in [0, 0.1) is 0 Å². The summed E-state index contributed by atoms with van der Waals surface area (Å²) in [5.74, 6) is 0.660. The molecule has 0 aliphatic carbocycles. The lowest BCUT2D eigenvalue weighted by atomic mass is 10.2. The van der Waals surface area contributed by atoms with Crippen LogP contribution in [-0.4, -0.2) is 19.7 Å². The van der Waals surface area contributed by atoms with E-state index in [4.69, 9.17) is 16.1 Å². The van der Waals surface area contributed by atoms with E-state index in [-0.39, 0.29) is 11.6 Å². The third kappa shape index (κ3) is 2.77. The van der Waals surface area contributed by atoms with Gasteiger partial charge in [0.25, 0.3) is 11.4 Å². The van der Waals surface area contributed by atoms with Crippen LogP contribution in [0.5, 0.6) is 0 Å². The van der Waals surface area contributed by atoms with Crippen molar-refractivity contribution in [3.63, 3.8) is 0 Å².